The molecule has 0 fully saturated rings. The standard InChI is InChI=1S/C14H8ClF5N4O2/c15-7-3-1-6(2-4-7)8-9(10(16)17)23-24-11(8)21-12(22-13(24)25)26-5-14(18,19)20/h1-4,10H,5H2,(H,21,22,25). The van der Waals surface area contributed by atoms with E-state index in [0.29, 0.717) is 9.54 Å². The molecule has 26 heavy (non-hydrogen) atoms. The van der Waals surface area contributed by atoms with Crippen molar-refractivity contribution in [2.45, 2.75) is 12.6 Å². The summed E-state index contributed by atoms with van der Waals surface area (Å²) in [5.41, 5.74) is -2.20. The highest BCUT2D eigenvalue weighted by atomic mass is 35.5. The summed E-state index contributed by atoms with van der Waals surface area (Å²) in [6.45, 7) is -1.71. The van der Waals surface area contributed by atoms with Gasteiger partial charge in [0, 0.05) is 5.02 Å². The van der Waals surface area contributed by atoms with Gasteiger partial charge in [-0.15, -0.1) is 0 Å². The summed E-state index contributed by atoms with van der Waals surface area (Å²) < 4.78 is 68.4. The molecule has 1 aromatic carbocycles. The first-order chi connectivity index (χ1) is 12.2. The Hall–Kier alpha value is -2.69. The van der Waals surface area contributed by atoms with Gasteiger partial charge in [-0.3, -0.25) is 4.98 Å². The van der Waals surface area contributed by atoms with Gasteiger partial charge in [-0.05, 0) is 17.7 Å². The van der Waals surface area contributed by atoms with Gasteiger partial charge in [0.1, 0.15) is 5.69 Å². The fourth-order valence-electron chi connectivity index (χ4n) is 2.20. The Morgan fingerprint density at radius 1 is 1.23 bits per heavy atom. The van der Waals surface area contributed by atoms with E-state index in [1.54, 1.807) is 0 Å². The van der Waals surface area contributed by atoms with E-state index in [1.165, 1.54) is 24.3 Å². The van der Waals surface area contributed by atoms with Gasteiger partial charge in [0.2, 0.25) is 0 Å². The van der Waals surface area contributed by atoms with Crippen molar-refractivity contribution in [1.82, 2.24) is 19.6 Å². The molecule has 0 aliphatic carbocycles. The number of aromatic nitrogens is 4. The number of halogens is 6. The maximum atomic E-state index is 13.3. The number of hydrogen-bond donors (Lipinski definition) is 1. The lowest BCUT2D eigenvalue weighted by Gasteiger charge is -2.08. The lowest BCUT2D eigenvalue weighted by molar-refractivity contribution is -0.154. The Morgan fingerprint density at radius 2 is 1.88 bits per heavy atom. The molecule has 0 saturated carbocycles. The quantitative estimate of drug-likeness (QED) is 0.686. The number of ether oxygens (including phenoxy) is 1. The lowest BCUT2D eigenvalue weighted by atomic mass is 10.1. The Morgan fingerprint density at radius 3 is 2.46 bits per heavy atom. The van der Waals surface area contributed by atoms with E-state index < -0.39 is 36.6 Å². The van der Waals surface area contributed by atoms with Crippen LogP contribution in [0, 0.1) is 0 Å². The largest absolute Gasteiger partial charge is 0.455 e. The minimum absolute atomic E-state index is 0.208. The number of rotatable bonds is 4. The normalized spacial score (nSPS) is 12.1. The van der Waals surface area contributed by atoms with E-state index in [9.17, 15) is 26.7 Å². The fraction of sp³-hybridized carbons (Fsp3) is 0.214. The van der Waals surface area contributed by atoms with Crippen molar-refractivity contribution in [1.29, 1.82) is 0 Å². The minimum Gasteiger partial charge on any atom is -0.455 e. The fourth-order valence-corrected chi connectivity index (χ4v) is 2.33. The third-order valence-electron chi connectivity index (χ3n) is 3.21. The van der Waals surface area contributed by atoms with Crippen molar-refractivity contribution < 1.29 is 26.7 Å². The third kappa shape index (κ3) is 3.62. The van der Waals surface area contributed by atoms with Crippen molar-refractivity contribution in [3.05, 3.63) is 45.5 Å². The average Bonchev–Trinajstić information content (AvgIpc) is 2.93. The Balaban J connectivity index is 2.20. The summed E-state index contributed by atoms with van der Waals surface area (Å²) in [4.78, 5) is 17.6. The van der Waals surface area contributed by atoms with Gasteiger partial charge in [-0.1, -0.05) is 23.7 Å². The number of hydrogen-bond acceptors (Lipinski definition) is 4. The van der Waals surface area contributed by atoms with E-state index in [2.05, 4.69) is 14.8 Å². The molecular formula is C14H8ClF5N4O2. The van der Waals surface area contributed by atoms with Gasteiger partial charge in [0.25, 0.3) is 12.4 Å². The van der Waals surface area contributed by atoms with Crippen molar-refractivity contribution in [3.8, 4) is 17.1 Å². The zero-order valence-electron chi connectivity index (χ0n) is 12.5. The molecular weight excluding hydrogens is 387 g/mol. The molecule has 0 aliphatic rings. The first-order valence-corrected chi connectivity index (χ1v) is 7.30. The van der Waals surface area contributed by atoms with Gasteiger partial charge in [0.05, 0.1) is 5.56 Å². The number of alkyl halides is 5. The van der Waals surface area contributed by atoms with Gasteiger partial charge < -0.3 is 4.74 Å². The predicted octanol–water partition coefficient (Wildman–Crippen LogP) is 3.62. The van der Waals surface area contributed by atoms with Crippen LogP contribution in [0.1, 0.15) is 12.1 Å². The topological polar surface area (TPSA) is 72.3 Å². The molecule has 0 amide bonds. The van der Waals surface area contributed by atoms with E-state index in [0.717, 1.165) is 0 Å². The number of nitrogens with zero attached hydrogens (tertiary/aromatic N) is 3. The molecule has 1 N–H and O–H groups in total. The zero-order chi connectivity index (χ0) is 19.1. The zero-order valence-corrected chi connectivity index (χ0v) is 13.3. The molecule has 2 aromatic heterocycles. The molecule has 0 aliphatic heterocycles. The maximum absolute atomic E-state index is 13.3. The summed E-state index contributed by atoms with van der Waals surface area (Å²) >= 11 is 5.76. The van der Waals surface area contributed by atoms with Gasteiger partial charge in [-0.2, -0.15) is 27.8 Å². The smallest absolute Gasteiger partial charge is 0.422 e. The Labute approximate surface area is 146 Å². The molecule has 138 valence electrons. The summed E-state index contributed by atoms with van der Waals surface area (Å²) in [6.07, 6.45) is -7.72. The molecule has 0 atom stereocenters. The second-order valence-corrected chi connectivity index (χ2v) is 5.49. The summed E-state index contributed by atoms with van der Waals surface area (Å²) in [7, 11) is 0. The van der Waals surface area contributed by atoms with E-state index >= 15 is 0 Å². The molecule has 2 heterocycles. The Bertz CT molecular complexity index is 997. The van der Waals surface area contributed by atoms with Crippen LogP contribution in [0.4, 0.5) is 22.0 Å². The predicted molar refractivity (Wildman–Crippen MR) is 80.6 cm³/mol. The molecule has 0 unspecified atom stereocenters. The highest BCUT2D eigenvalue weighted by molar-refractivity contribution is 6.30. The Kier molecular flexibility index (Phi) is 4.57. The van der Waals surface area contributed by atoms with Crippen LogP contribution in [0.15, 0.2) is 29.1 Å². The number of fused-ring (bicyclic) bond motifs is 1. The van der Waals surface area contributed by atoms with Crippen molar-refractivity contribution in [2.75, 3.05) is 6.61 Å². The van der Waals surface area contributed by atoms with Crippen LogP contribution in [0.5, 0.6) is 6.01 Å². The molecule has 0 spiro atoms. The van der Waals surface area contributed by atoms with Crippen molar-refractivity contribution in [2.24, 2.45) is 0 Å². The molecule has 3 rings (SSSR count). The van der Waals surface area contributed by atoms with Crippen LogP contribution in [0.2, 0.25) is 5.02 Å². The van der Waals surface area contributed by atoms with Crippen LogP contribution in [-0.2, 0) is 0 Å². The first-order valence-electron chi connectivity index (χ1n) is 6.92. The van der Waals surface area contributed by atoms with Crippen molar-refractivity contribution >= 4 is 17.2 Å². The molecule has 0 saturated heterocycles. The highest BCUT2D eigenvalue weighted by Crippen LogP contribution is 2.33. The van der Waals surface area contributed by atoms with Gasteiger partial charge in [-0.25, -0.2) is 13.6 Å². The SMILES string of the molecule is O=c1[nH]c(OCC(F)(F)F)nc2c(-c3ccc(Cl)cc3)c(C(F)F)nn12. The molecule has 0 radical (unpaired) electrons. The minimum atomic E-state index is -4.67. The summed E-state index contributed by atoms with van der Waals surface area (Å²) in [5, 5.41) is 3.85. The van der Waals surface area contributed by atoms with Crippen molar-refractivity contribution in [3.63, 3.8) is 0 Å². The highest BCUT2D eigenvalue weighted by Gasteiger charge is 2.30. The number of H-pyrrole nitrogens is 1. The van der Waals surface area contributed by atoms with E-state index in [-0.39, 0.29) is 16.8 Å². The molecule has 3 aromatic rings. The lowest BCUT2D eigenvalue weighted by Crippen LogP contribution is -2.24. The van der Waals surface area contributed by atoms with E-state index in [4.69, 9.17) is 11.6 Å². The van der Waals surface area contributed by atoms with Gasteiger partial charge in [0.15, 0.2) is 12.3 Å². The van der Waals surface area contributed by atoms with Crippen LogP contribution >= 0.6 is 11.6 Å². The average molecular weight is 395 g/mol. The second-order valence-electron chi connectivity index (χ2n) is 5.05. The van der Waals surface area contributed by atoms with Crippen LogP contribution in [0.3, 0.4) is 0 Å². The third-order valence-corrected chi connectivity index (χ3v) is 3.47. The summed E-state index contributed by atoms with van der Waals surface area (Å²) in [6, 6.07) is 4.86. The number of benzene rings is 1. The van der Waals surface area contributed by atoms with E-state index in [1.807, 2.05) is 4.98 Å². The molecule has 0 bridgehead atoms. The van der Waals surface area contributed by atoms with Crippen LogP contribution < -0.4 is 10.4 Å². The van der Waals surface area contributed by atoms with Crippen LogP contribution in [-0.4, -0.2) is 32.4 Å². The van der Waals surface area contributed by atoms with Crippen LogP contribution in [0.25, 0.3) is 16.8 Å². The monoisotopic (exact) mass is 394 g/mol. The molecule has 12 heteroatoms. The maximum Gasteiger partial charge on any atom is 0.422 e. The molecule has 6 nitrogen and oxygen atoms in total. The first kappa shape index (κ1) is 18.1. The summed E-state index contributed by atoms with van der Waals surface area (Å²) in [5.74, 6) is 0. The van der Waals surface area contributed by atoms with Gasteiger partial charge >= 0.3 is 11.9 Å². The number of aromatic amines is 1. The number of nitrogens with one attached hydrogen (secondary N) is 1. The second kappa shape index (κ2) is 6.56.